The molecular formula is C16H19N5O7. The normalized spacial score (nSPS) is 24.1. The highest BCUT2D eigenvalue weighted by Gasteiger charge is 2.51. The lowest BCUT2D eigenvalue weighted by atomic mass is 10.1. The number of rotatable bonds is 5. The Hall–Kier alpha value is -3.28. The van der Waals surface area contributed by atoms with E-state index >= 15 is 0 Å². The second-order valence-corrected chi connectivity index (χ2v) is 6.10. The quantitative estimate of drug-likeness (QED) is 0.526. The molecule has 28 heavy (non-hydrogen) atoms. The number of esters is 3. The molecule has 150 valence electrons. The molecule has 0 saturated carbocycles. The van der Waals surface area contributed by atoms with Gasteiger partial charge in [-0.25, -0.2) is 15.0 Å². The third-order valence-electron chi connectivity index (χ3n) is 4.00. The summed E-state index contributed by atoms with van der Waals surface area (Å²) in [5.74, 6) is -1.59. The summed E-state index contributed by atoms with van der Waals surface area (Å²) in [6.07, 6.45) is -1.22. The van der Waals surface area contributed by atoms with Crippen LogP contribution in [0.5, 0.6) is 0 Å². The maximum atomic E-state index is 11.7. The molecule has 2 aromatic heterocycles. The van der Waals surface area contributed by atoms with Gasteiger partial charge < -0.3 is 24.7 Å². The van der Waals surface area contributed by atoms with E-state index < -0.39 is 42.4 Å². The second-order valence-electron chi connectivity index (χ2n) is 6.10. The molecule has 3 rings (SSSR count). The van der Waals surface area contributed by atoms with E-state index in [0.717, 1.165) is 0 Å². The van der Waals surface area contributed by atoms with Gasteiger partial charge in [0.2, 0.25) is 0 Å². The number of imidazole rings is 1. The number of hydrogen-bond acceptors (Lipinski definition) is 11. The molecule has 1 fully saturated rings. The number of ether oxygens (including phenoxy) is 4. The summed E-state index contributed by atoms with van der Waals surface area (Å²) < 4.78 is 23.1. The zero-order valence-corrected chi connectivity index (χ0v) is 15.4. The van der Waals surface area contributed by atoms with Crippen LogP contribution in [0.1, 0.15) is 27.0 Å². The lowest BCUT2D eigenvalue weighted by Crippen LogP contribution is -2.40. The van der Waals surface area contributed by atoms with Gasteiger partial charge in [0.25, 0.3) is 0 Å². The Kier molecular flexibility index (Phi) is 5.40. The maximum Gasteiger partial charge on any atom is 0.303 e. The monoisotopic (exact) mass is 393 g/mol. The van der Waals surface area contributed by atoms with Crippen LogP contribution < -0.4 is 5.73 Å². The summed E-state index contributed by atoms with van der Waals surface area (Å²) in [5, 5.41) is 0. The minimum atomic E-state index is -1.03. The van der Waals surface area contributed by atoms with Gasteiger partial charge in [0.05, 0.1) is 6.33 Å². The fourth-order valence-corrected chi connectivity index (χ4v) is 2.97. The Morgan fingerprint density at radius 1 is 1.07 bits per heavy atom. The number of fused-ring (bicyclic) bond motifs is 1. The standard InChI is InChI=1S/C16H19N5O7/c1-7(22)25-4-10-12(26-8(2)23)13(27-9(3)24)16(28-10)21-6-20-11-14(17)18-5-19-15(11)21/h5-6,10,12-13,16H,4H2,1-3H3,(H2,17,18,19)/t10-,12+,13-,16+/m0/s1. The maximum absolute atomic E-state index is 11.7. The largest absolute Gasteiger partial charge is 0.463 e. The predicted molar refractivity (Wildman–Crippen MR) is 91.4 cm³/mol. The Labute approximate surface area is 158 Å². The summed E-state index contributed by atoms with van der Waals surface area (Å²) in [4.78, 5) is 46.6. The number of nitrogen functional groups attached to an aromatic ring is 1. The first kappa shape index (κ1) is 19.5. The Bertz CT molecular complexity index is 914. The number of nitrogens with two attached hydrogens (primary N) is 1. The average molecular weight is 393 g/mol. The molecule has 0 amide bonds. The van der Waals surface area contributed by atoms with Crippen molar-refractivity contribution in [2.75, 3.05) is 12.3 Å². The van der Waals surface area contributed by atoms with Crippen LogP contribution in [0.15, 0.2) is 12.7 Å². The first-order valence-electron chi connectivity index (χ1n) is 8.34. The van der Waals surface area contributed by atoms with Crippen LogP contribution >= 0.6 is 0 Å². The molecule has 12 nitrogen and oxygen atoms in total. The zero-order chi connectivity index (χ0) is 20.4. The van der Waals surface area contributed by atoms with E-state index in [1.165, 1.54) is 38.0 Å². The molecule has 1 saturated heterocycles. The highest BCUT2D eigenvalue weighted by atomic mass is 16.7. The van der Waals surface area contributed by atoms with Crippen molar-refractivity contribution in [2.45, 2.75) is 45.3 Å². The van der Waals surface area contributed by atoms with Crippen LogP contribution in [-0.2, 0) is 33.3 Å². The zero-order valence-electron chi connectivity index (χ0n) is 15.4. The van der Waals surface area contributed by atoms with Crippen molar-refractivity contribution in [3.8, 4) is 0 Å². The van der Waals surface area contributed by atoms with Gasteiger partial charge >= 0.3 is 17.9 Å². The Morgan fingerprint density at radius 3 is 2.39 bits per heavy atom. The first-order chi connectivity index (χ1) is 13.3. The van der Waals surface area contributed by atoms with E-state index in [2.05, 4.69) is 15.0 Å². The van der Waals surface area contributed by atoms with E-state index in [9.17, 15) is 14.4 Å². The van der Waals surface area contributed by atoms with Crippen molar-refractivity contribution in [1.82, 2.24) is 19.5 Å². The highest BCUT2D eigenvalue weighted by molar-refractivity contribution is 5.81. The number of carbonyl (C=O) groups excluding carboxylic acids is 3. The van der Waals surface area contributed by atoms with Crippen LogP contribution in [0, 0.1) is 0 Å². The van der Waals surface area contributed by atoms with Crippen LogP contribution in [0.3, 0.4) is 0 Å². The summed E-state index contributed by atoms with van der Waals surface area (Å²) in [6.45, 7) is 3.46. The minimum absolute atomic E-state index is 0.166. The van der Waals surface area contributed by atoms with Crippen LogP contribution in [0.4, 0.5) is 5.82 Å². The molecule has 0 radical (unpaired) electrons. The molecule has 0 unspecified atom stereocenters. The topological polar surface area (TPSA) is 158 Å². The van der Waals surface area contributed by atoms with E-state index in [1.54, 1.807) is 0 Å². The van der Waals surface area contributed by atoms with Gasteiger partial charge in [-0.15, -0.1) is 0 Å². The van der Waals surface area contributed by atoms with Crippen molar-refractivity contribution < 1.29 is 33.3 Å². The molecule has 0 bridgehead atoms. The highest BCUT2D eigenvalue weighted by Crippen LogP contribution is 2.36. The van der Waals surface area contributed by atoms with E-state index in [-0.39, 0.29) is 12.4 Å². The van der Waals surface area contributed by atoms with E-state index in [1.807, 2.05) is 0 Å². The van der Waals surface area contributed by atoms with Crippen molar-refractivity contribution >= 4 is 34.9 Å². The van der Waals surface area contributed by atoms with Crippen molar-refractivity contribution in [3.63, 3.8) is 0 Å². The number of anilines is 1. The smallest absolute Gasteiger partial charge is 0.303 e. The molecule has 4 atom stereocenters. The molecule has 2 aromatic rings. The number of aromatic nitrogens is 4. The Morgan fingerprint density at radius 2 is 1.75 bits per heavy atom. The molecule has 0 aliphatic carbocycles. The molecule has 3 heterocycles. The molecule has 1 aliphatic heterocycles. The van der Waals surface area contributed by atoms with Crippen molar-refractivity contribution in [3.05, 3.63) is 12.7 Å². The van der Waals surface area contributed by atoms with Gasteiger partial charge in [0.1, 0.15) is 24.6 Å². The minimum Gasteiger partial charge on any atom is -0.463 e. The van der Waals surface area contributed by atoms with Gasteiger partial charge in [-0.3, -0.25) is 19.0 Å². The summed E-state index contributed by atoms with van der Waals surface area (Å²) in [5.41, 5.74) is 6.48. The van der Waals surface area contributed by atoms with Crippen molar-refractivity contribution in [2.24, 2.45) is 0 Å². The van der Waals surface area contributed by atoms with E-state index in [4.69, 9.17) is 24.7 Å². The third-order valence-corrected chi connectivity index (χ3v) is 4.00. The molecule has 0 spiro atoms. The van der Waals surface area contributed by atoms with Crippen LogP contribution in [0.25, 0.3) is 11.2 Å². The van der Waals surface area contributed by atoms with Crippen LogP contribution in [-0.4, -0.2) is 62.3 Å². The van der Waals surface area contributed by atoms with Gasteiger partial charge in [0.15, 0.2) is 29.9 Å². The molecule has 2 N–H and O–H groups in total. The fraction of sp³-hybridized carbons (Fsp3) is 0.500. The molecule has 1 aliphatic rings. The van der Waals surface area contributed by atoms with E-state index in [0.29, 0.717) is 11.2 Å². The summed E-state index contributed by atoms with van der Waals surface area (Å²) in [6, 6.07) is 0. The lowest BCUT2D eigenvalue weighted by Gasteiger charge is -2.23. The summed E-state index contributed by atoms with van der Waals surface area (Å²) >= 11 is 0. The molecular weight excluding hydrogens is 374 g/mol. The molecule has 0 aromatic carbocycles. The fourth-order valence-electron chi connectivity index (χ4n) is 2.97. The Balaban J connectivity index is 2.01. The summed E-state index contributed by atoms with van der Waals surface area (Å²) in [7, 11) is 0. The number of nitrogens with zero attached hydrogens (tertiary/aromatic N) is 4. The lowest BCUT2D eigenvalue weighted by molar-refractivity contribution is -0.166. The van der Waals surface area contributed by atoms with Crippen LogP contribution in [0.2, 0.25) is 0 Å². The number of carbonyl (C=O) groups is 3. The second kappa shape index (κ2) is 7.76. The third kappa shape index (κ3) is 3.86. The van der Waals surface area contributed by atoms with Gasteiger partial charge in [-0.2, -0.15) is 0 Å². The predicted octanol–water partition coefficient (Wildman–Crippen LogP) is -0.268. The van der Waals surface area contributed by atoms with Gasteiger partial charge in [0, 0.05) is 20.8 Å². The first-order valence-corrected chi connectivity index (χ1v) is 8.34. The van der Waals surface area contributed by atoms with Gasteiger partial charge in [-0.1, -0.05) is 0 Å². The average Bonchev–Trinajstić information content (AvgIpc) is 3.16. The number of hydrogen-bond donors (Lipinski definition) is 1. The van der Waals surface area contributed by atoms with Crippen molar-refractivity contribution in [1.29, 1.82) is 0 Å². The SMILES string of the molecule is CC(=O)OC[C@@H]1O[C@@H](n2cnc3c(N)ncnc32)[C@@H](OC(C)=O)[C@@H]1OC(C)=O. The molecule has 12 heteroatoms. The van der Waals surface area contributed by atoms with Gasteiger partial charge in [-0.05, 0) is 0 Å².